The average molecular weight is 311 g/mol. The summed E-state index contributed by atoms with van der Waals surface area (Å²) in [5.74, 6) is 1.54. The van der Waals surface area contributed by atoms with Crippen molar-refractivity contribution in [2.75, 3.05) is 18.4 Å². The molecule has 1 aliphatic rings. The Hall–Kier alpha value is -2.01. The van der Waals surface area contributed by atoms with Gasteiger partial charge in [-0.05, 0) is 36.9 Å². The summed E-state index contributed by atoms with van der Waals surface area (Å²) in [6.07, 6.45) is 7.46. The predicted octanol–water partition coefficient (Wildman–Crippen LogP) is 3.80. The van der Waals surface area contributed by atoms with E-state index in [0.717, 1.165) is 30.4 Å². The standard InChI is InChI=1S/C18H25N5/c1-18(2,3)13-23-11-5-7-15(23)14-6-4-8-16(21-14)22-17-12-19-9-10-20-17/h4,6,8-10,12,15H,5,7,11,13H2,1-3H3,(H,20,21,22)/t15-/m0/s1. The van der Waals surface area contributed by atoms with E-state index in [-0.39, 0.29) is 0 Å². The largest absolute Gasteiger partial charge is 0.324 e. The van der Waals surface area contributed by atoms with Crippen LogP contribution in [0, 0.1) is 5.41 Å². The molecule has 0 spiro atoms. The van der Waals surface area contributed by atoms with Crippen molar-refractivity contribution in [3.05, 3.63) is 42.5 Å². The molecule has 0 radical (unpaired) electrons. The first-order valence-corrected chi connectivity index (χ1v) is 8.25. The maximum absolute atomic E-state index is 4.81. The van der Waals surface area contributed by atoms with E-state index in [0.29, 0.717) is 11.5 Å². The van der Waals surface area contributed by atoms with Crippen molar-refractivity contribution in [2.45, 2.75) is 39.7 Å². The molecule has 2 aromatic rings. The Balaban J connectivity index is 1.76. The molecule has 3 rings (SSSR count). The van der Waals surface area contributed by atoms with E-state index in [4.69, 9.17) is 4.98 Å². The van der Waals surface area contributed by atoms with Crippen LogP contribution in [0.2, 0.25) is 0 Å². The van der Waals surface area contributed by atoms with Crippen molar-refractivity contribution >= 4 is 11.6 Å². The van der Waals surface area contributed by atoms with Crippen LogP contribution < -0.4 is 5.32 Å². The molecule has 1 atom stereocenters. The smallest absolute Gasteiger partial charge is 0.150 e. The predicted molar refractivity (Wildman–Crippen MR) is 92.6 cm³/mol. The monoisotopic (exact) mass is 311 g/mol. The molecular weight excluding hydrogens is 286 g/mol. The molecule has 1 aliphatic heterocycles. The molecule has 1 fully saturated rings. The maximum atomic E-state index is 4.81. The zero-order chi connectivity index (χ0) is 16.3. The number of nitrogens with zero attached hydrogens (tertiary/aromatic N) is 4. The molecule has 0 aromatic carbocycles. The van der Waals surface area contributed by atoms with Gasteiger partial charge in [-0.3, -0.25) is 9.88 Å². The van der Waals surface area contributed by atoms with Crippen LogP contribution in [0.15, 0.2) is 36.8 Å². The van der Waals surface area contributed by atoms with Gasteiger partial charge >= 0.3 is 0 Å². The molecule has 0 saturated carbocycles. The Morgan fingerprint density at radius 1 is 1.22 bits per heavy atom. The fraction of sp³-hybridized carbons (Fsp3) is 0.500. The van der Waals surface area contributed by atoms with E-state index in [9.17, 15) is 0 Å². The SMILES string of the molecule is CC(C)(C)CN1CCC[C@H]1c1cccc(Nc2cnccn2)n1. The second kappa shape index (κ2) is 6.62. The van der Waals surface area contributed by atoms with Gasteiger partial charge in [-0.1, -0.05) is 26.8 Å². The van der Waals surface area contributed by atoms with Crippen LogP contribution in [0.5, 0.6) is 0 Å². The molecule has 1 N–H and O–H groups in total. The van der Waals surface area contributed by atoms with E-state index >= 15 is 0 Å². The number of rotatable bonds is 4. The molecule has 5 heteroatoms. The van der Waals surface area contributed by atoms with Gasteiger partial charge in [-0.2, -0.15) is 0 Å². The first kappa shape index (κ1) is 15.9. The second-order valence-electron chi connectivity index (χ2n) is 7.35. The Bertz CT molecular complexity index is 635. The minimum Gasteiger partial charge on any atom is -0.324 e. The quantitative estimate of drug-likeness (QED) is 0.931. The van der Waals surface area contributed by atoms with Crippen molar-refractivity contribution in [1.82, 2.24) is 19.9 Å². The van der Waals surface area contributed by atoms with Gasteiger partial charge in [0.15, 0.2) is 0 Å². The highest BCUT2D eigenvalue weighted by Gasteiger charge is 2.30. The van der Waals surface area contributed by atoms with Crippen molar-refractivity contribution in [1.29, 1.82) is 0 Å². The molecule has 5 nitrogen and oxygen atoms in total. The minimum absolute atomic E-state index is 0.304. The van der Waals surface area contributed by atoms with Gasteiger partial charge in [0.1, 0.15) is 11.6 Å². The highest BCUT2D eigenvalue weighted by molar-refractivity contribution is 5.50. The lowest BCUT2D eigenvalue weighted by Crippen LogP contribution is -2.32. The van der Waals surface area contributed by atoms with Crippen LogP contribution in [-0.4, -0.2) is 32.9 Å². The van der Waals surface area contributed by atoms with Crippen LogP contribution in [0.1, 0.15) is 45.3 Å². The fourth-order valence-electron chi connectivity index (χ4n) is 3.16. The average Bonchev–Trinajstić information content (AvgIpc) is 2.94. The normalized spacial score (nSPS) is 19.0. The van der Waals surface area contributed by atoms with Gasteiger partial charge < -0.3 is 5.32 Å². The van der Waals surface area contributed by atoms with E-state index in [1.807, 2.05) is 6.07 Å². The third-order valence-electron chi connectivity index (χ3n) is 3.97. The van der Waals surface area contributed by atoms with Gasteiger partial charge in [0.2, 0.25) is 0 Å². The molecule has 0 unspecified atom stereocenters. The number of likely N-dealkylation sites (tertiary alicyclic amines) is 1. The molecule has 122 valence electrons. The molecule has 0 bridgehead atoms. The number of aromatic nitrogens is 3. The lowest BCUT2D eigenvalue weighted by atomic mass is 9.95. The Morgan fingerprint density at radius 3 is 2.83 bits per heavy atom. The van der Waals surface area contributed by atoms with Gasteiger partial charge in [-0.15, -0.1) is 0 Å². The molecule has 1 saturated heterocycles. The van der Waals surface area contributed by atoms with Crippen molar-refractivity contribution in [3.8, 4) is 0 Å². The highest BCUT2D eigenvalue weighted by atomic mass is 15.2. The summed E-state index contributed by atoms with van der Waals surface area (Å²) >= 11 is 0. The van der Waals surface area contributed by atoms with Gasteiger partial charge in [-0.25, -0.2) is 9.97 Å². The number of pyridine rings is 1. The van der Waals surface area contributed by atoms with Crippen LogP contribution in [0.25, 0.3) is 0 Å². The summed E-state index contributed by atoms with van der Waals surface area (Å²) in [6.45, 7) is 9.14. The first-order chi connectivity index (χ1) is 11.0. The molecule has 0 aliphatic carbocycles. The molecule has 2 aromatic heterocycles. The molecule has 3 heterocycles. The Kier molecular flexibility index (Phi) is 4.57. The highest BCUT2D eigenvalue weighted by Crippen LogP contribution is 2.34. The van der Waals surface area contributed by atoms with Gasteiger partial charge in [0.05, 0.1) is 17.9 Å². The van der Waals surface area contributed by atoms with Gasteiger partial charge in [0, 0.05) is 18.9 Å². The number of anilines is 2. The third kappa shape index (κ3) is 4.26. The van der Waals surface area contributed by atoms with Crippen LogP contribution in [0.4, 0.5) is 11.6 Å². The number of hydrogen-bond donors (Lipinski definition) is 1. The van der Waals surface area contributed by atoms with Crippen LogP contribution in [0.3, 0.4) is 0 Å². The van der Waals surface area contributed by atoms with Crippen LogP contribution >= 0.6 is 0 Å². The summed E-state index contributed by atoms with van der Waals surface area (Å²) < 4.78 is 0. The number of nitrogens with one attached hydrogen (secondary N) is 1. The van der Waals surface area contributed by atoms with E-state index in [2.05, 4.69) is 53.1 Å². The first-order valence-electron chi connectivity index (χ1n) is 8.25. The summed E-state index contributed by atoms with van der Waals surface area (Å²) in [5.41, 5.74) is 1.44. The summed E-state index contributed by atoms with van der Waals surface area (Å²) in [7, 11) is 0. The topological polar surface area (TPSA) is 53.9 Å². The van der Waals surface area contributed by atoms with Gasteiger partial charge in [0.25, 0.3) is 0 Å². The summed E-state index contributed by atoms with van der Waals surface area (Å²) in [4.78, 5) is 15.7. The van der Waals surface area contributed by atoms with Crippen LogP contribution in [-0.2, 0) is 0 Å². The Labute approximate surface area is 138 Å². The van der Waals surface area contributed by atoms with Crippen molar-refractivity contribution in [3.63, 3.8) is 0 Å². The number of hydrogen-bond acceptors (Lipinski definition) is 5. The lowest BCUT2D eigenvalue weighted by Gasteiger charge is -2.31. The van der Waals surface area contributed by atoms with E-state index in [1.165, 1.54) is 12.8 Å². The van der Waals surface area contributed by atoms with Crippen molar-refractivity contribution < 1.29 is 0 Å². The minimum atomic E-state index is 0.304. The second-order valence-corrected chi connectivity index (χ2v) is 7.35. The summed E-state index contributed by atoms with van der Waals surface area (Å²) in [5, 5.41) is 3.23. The fourth-order valence-corrected chi connectivity index (χ4v) is 3.16. The van der Waals surface area contributed by atoms with E-state index < -0.39 is 0 Å². The van der Waals surface area contributed by atoms with E-state index in [1.54, 1.807) is 18.6 Å². The Morgan fingerprint density at radius 2 is 2.09 bits per heavy atom. The molecule has 23 heavy (non-hydrogen) atoms. The van der Waals surface area contributed by atoms with Crippen molar-refractivity contribution in [2.24, 2.45) is 5.41 Å². The maximum Gasteiger partial charge on any atom is 0.150 e. The molecular formula is C18H25N5. The molecule has 0 amide bonds. The third-order valence-corrected chi connectivity index (χ3v) is 3.97. The zero-order valence-corrected chi connectivity index (χ0v) is 14.2. The zero-order valence-electron chi connectivity index (χ0n) is 14.2. The summed E-state index contributed by atoms with van der Waals surface area (Å²) in [6, 6.07) is 6.58. The lowest BCUT2D eigenvalue weighted by molar-refractivity contribution is 0.176.